The van der Waals surface area contributed by atoms with Crippen molar-refractivity contribution in [2.24, 2.45) is 0 Å². The fraction of sp³-hybridized carbons (Fsp3) is 0.467. The normalized spacial score (nSPS) is 15.8. The second-order valence-corrected chi connectivity index (χ2v) is 5.89. The Labute approximate surface area is 124 Å². The molecule has 4 nitrogen and oxygen atoms in total. The molecule has 0 N–H and O–H groups in total. The standard InChI is InChI=1S/C15H20N2O2S/c1-13(18)16-8-5-9-17(11-10-16)15(19)12-20-14-6-3-2-4-7-14/h2-4,6-7H,5,8-12H2,1H3. The highest BCUT2D eigenvalue weighted by atomic mass is 32.2. The SMILES string of the molecule is CC(=O)N1CCCN(C(=O)CSc2ccccc2)CC1. The lowest BCUT2D eigenvalue weighted by molar-refractivity contribution is -0.130. The molecule has 2 rings (SSSR count). The number of nitrogens with zero attached hydrogens (tertiary/aromatic N) is 2. The van der Waals surface area contributed by atoms with Crippen molar-refractivity contribution < 1.29 is 9.59 Å². The smallest absolute Gasteiger partial charge is 0.232 e. The highest BCUT2D eigenvalue weighted by molar-refractivity contribution is 8.00. The molecule has 1 aliphatic heterocycles. The van der Waals surface area contributed by atoms with E-state index in [1.807, 2.05) is 40.1 Å². The third-order valence-electron chi connectivity index (χ3n) is 3.40. The molecule has 0 radical (unpaired) electrons. The summed E-state index contributed by atoms with van der Waals surface area (Å²) >= 11 is 1.56. The van der Waals surface area contributed by atoms with Gasteiger partial charge in [0.25, 0.3) is 0 Å². The van der Waals surface area contributed by atoms with Crippen LogP contribution in [0.3, 0.4) is 0 Å². The summed E-state index contributed by atoms with van der Waals surface area (Å²) in [6.07, 6.45) is 0.862. The van der Waals surface area contributed by atoms with Crippen LogP contribution in [0.15, 0.2) is 35.2 Å². The monoisotopic (exact) mass is 292 g/mol. The zero-order valence-electron chi connectivity index (χ0n) is 11.7. The van der Waals surface area contributed by atoms with Gasteiger partial charge in [-0.3, -0.25) is 9.59 Å². The molecule has 0 atom stereocenters. The third-order valence-corrected chi connectivity index (χ3v) is 4.40. The fourth-order valence-corrected chi connectivity index (χ4v) is 3.06. The molecule has 108 valence electrons. The van der Waals surface area contributed by atoms with E-state index in [0.29, 0.717) is 18.8 Å². The van der Waals surface area contributed by atoms with Crippen LogP contribution < -0.4 is 0 Å². The summed E-state index contributed by atoms with van der Waals surface area (Å²) < 4.78 is 0. The Hall–Kier alpha value is -1.49. The molecule has 1 heterocycles. The number of carbonyl (C=O) groups excluding carboxylic acids is 2. The third kappa shape index (κ3) is 4.27. The Bertz CT molecular complexity index is 464. The van der Waals surface area contributed by atoms with Crippen LogP contribution in [0.4, 0.5) is 0 Å². The molecule has 1 aromatic rings. The molecule has 0 spiro atoms. The number of carbonyl (C=O) groups is 2. The summed E-state index contributed by atoms with van der Waals surface area (Å²) in [5, 5.41) is 0. The summed E-state index contributed by atoms with van der Waals surface area (Å²) in [6, 6.07) is 9.94. The van der Waals surface area contributed by atoms with Crippen LogP contribution in [-0.4, -0.2) is 53.5 Å². The van der Waals surface area contributed by atoms with Gasteiger partial charge in [-0.25, -0.2) is 0 Å². The van der Waals surface area contributed by atoms with E-state index in [0.717, 1.165) is 24.4 Å². The van der Waals surface area contributed by atoms with Crippen molar-refractivity contribution in [2.45, 2.75) is 18.2 Å². The molecule has 1 fully saturated rings. The van der Waals surface area contributed by atoms with Gasteiger partial charge in [0.1, 0.15) is 0 Å². The number of thioether (sulfide) groups is 1. The van der Waals surface area contributed by atoms with Crippen LogP contribution in [-0.2, 0) is 9.59 Å². The average molecular weight is 292 g/mol. The first-order chi connectivity index (χ1) is 9.66. The topological polar surface area (TPSA) is 40.6 Å². The molecule has 1 aliphatic rings. The molecule has 0 bridgehead atoms. The average Bonchev–Trinajstić information content (AvgIpc) is 2.72. The summed E-state index contributed by atoms with van der Waals surface area (Å²) in [5.74, 6) is 0.714. The maximum atomic E-state index is 12.2. The van der Waals surface area contributed by atoms with Gasteiger partial charge in [0.15, 0.2) is 0 Å². The molecular formula is C15H20N2O2S. The molecule has 0 aromatic heterocycles. The minimum absolute atomic E-state index is 0.0953. The predicted octanol–water partition coefficient (Wildman–Crippen LogP) is 1.86. The molecule has 0 unspecified atom stereocenters. The predicted molar refractivity (Wildman–Crippen MR) is 80.6 cm³/mol. The van der Waals surface area contributed by atoms with Crippen molar-refractivity contribution in [3.8, 4) is 0 Å². The highest BCUT2D eigenvalue weighted by Gasteiger charge is 2.20. The molecule has 0 saturated carbocycles. The van der Waals surface area contributed by atoms with Gasteiger partial charge in [-0.2, -0.15) is 0 Å². The molecule has 0 aliphatic carbocycles. The zero-order chi connectivity index (χ0) is 14.4. The Morgan fingerprint density at radius 3 is 2.40 bits per heavy atom. The Morgan fingerprint density at radius 2 is 1.70 bits per heavy atom. The largest absolute Gasteiger partial charge is 0.341 e. The van der Waals surface area contributed by atoms with Crippen molar-refractivity contribution in [2.75, 3.05) is 31.9 Å². The zero-order valence-corrected chi connectivity index (χ0v) is 12.6. The quantitative estimate of drug-likeness (QED) is 0.799. The summed E-state index contributed by atoms with van der Waals surface area (Å²) in [6.45, 7) is 4.39. The van der Waals surface area contributed by atoms with E-state index in [-0.39, 0.29) is 11.8 Å². The second-order valence-electron chi connectivity index (χ2n) is 4.84. The van der Waals surface area contributed by atoms with Gasteiger partial charge in [-0.1, -0.05) is 18.2 Å². The number of benzene rings is 1. The van der Waals surface area contributed by atoms with Crippen LogP contribution in [0.1, 0.15) is 13.3 Å². The van der Waals surface area contributed by atoms with Crippen LogP contribution >= 0.6 is 11.8 Å². The summed E-state index contributed by atoms with van der Waals surface area (Å²) in [7, 11) is 0. The van der Waals surface area contributed by atoms with Crippen LogP contribution in [0.5, 0.6) is 0 Å². The minimum Gasteiger partial charge on any atom is -0.341 e. The summed E-state index contributed by atoms with van der Waals surface area (Å²) in [4.78, 5) is 28.4. The highest BCUT2D eigenvalue weighted by Crippen LogP contribution is 2.17. The lowest BCUT2D eigenvalue weighted by Gasteiger charge is -2.21. The first-order valence-corrected chi connectivity index (χ1v) is 7.86. The van der Waals surface area contributed by atoms with Gasteiger partial charge in [0, 0.05) is 38.0 Å². The van der Waals surface area contributed by atoms with Crippen LogP contribution in [0.25, 0.3) is 0 Å². The van der Waals surface area contributed by atoms with Crippen molar-refractivity contribution >= 4 is 23.6 Å². The lowest BCUT2D eigenvalue weighted by atomic mass is 10.4. The van der Waals surface area contributed by atoms with E-state index in [2.05, 4.69) is 0 Å². The van der Waals surface area contributed by atoms with E-state index in [9.17, 15) is 9.59 Å². The van der Waals surface area contributed by atoms with Crippen LogP contribution in [0.2, 0.25) is 0 Å². The van der Waals surface area contributed by atoms with Gasteiger partial charge in [0.05, 0.1) is 5.75 Å². The van der Waals surface area contributed by atoms with Crippen molar-refractivity contribution in [1.29, 1.82) is 0 Å². The minimum atomic E-state index is 0.0953. The summed E-state index contributed by atoms with van der Waals surface area (Å²) in [5.41, 5.74) is 0. The van der Waals surface area contributed by atoms with Crippen molar-refractivity contribution in [3.05, 3.63) is 30.3 Å². The van der Waals surface area contributed by atoms with E-state index >= 15 is 0 Å². The van der Waals surface area contributed by atoms with Gasteiger partial charge in [-0.15, -0.1) is 11.8 Å². The molecule has 5 heteroatoms. The lowest BCUT2D eigenvalue weighted by Crippen LogP contribution is -2.37. The molecule has 2 amide bonds. The molecule has 20 heavy (non-hydrogen) atoms. The molecule has 1 saturated heterocycles. The Morgan fingerprint density at radius 1 is 1.05 bits per heavy atom. The number of rotatable bonds is 3. The Kier molecular flexibility index (Phi) is 5.47. The van der Waals surface area contributed by atoms with Crippen molar-refractivity contribution in [1.82, 2.24) is 9.80 Å². The maximum absolute atomic E-state index is 12.2. The van der Waals surface area contributed by atoms with E-state index in [4.69, 9.17) is 0 Å². The fourth-order valence-electron chi connectivity index (χ4n) is 2.23. The molecule has 1 aromatic carbocycles. The van der Waals surface area contributed by atoms with Gasteiger partial charge in [0.2, 0.25) is 11.8 Å². The van der Waals surface area contributed by atoms with E-state index < -0.39 is 0 Å². The number of amides is 2. The number of hydrogen-bond acceptors (Lipinski definition) is 3. The number of hydrogen-bond donors (Lipinski definition) is 0. The second kappa shape index (κ2) is 7.33. The van der Waals surface area contributed by atoms with Crippen molar-refractivity contribution in [3.63, 3.8) is 0 Å². The molecular weight excluding hydrogens is 272 g/mol. The maximum Gasteiger partial charge on any atom is 0.232 e. The van der Waals surface area contributed by atoms with Gasteiger partial charge < -0.3 is 9.80 Å². The van der Waals surface area contributed by atoms with Crippen LogP contribution in [0, 0.1) is 0 Å². The van der Waals surface area contributed by atoms with Gasteiger partial charge in [-0.05, 0) is 18.6 Å². The van der Waals surface area contributed by atoms with Gasteiger partial charge >= 0.3 is 0 Å². The van der Waals surface area contributed by atoms with E-state index in [1.54, 1.807) is 18.7 Å². The Balaban J connectivity index is 1.82. The van der Waals surface area contributed by atoms with E-state index in [1.165, 1.54) is 0 Å². The first kappa shape index (κ1) is 14.9. The first-order valence-electron chi connectivity index (χ1n) is 6.88.